The summed E-state index contributed by atoms with van der Waals surface area (Å²) < 4.78 is 54.8. The van der Waals surface area contributed by atoms with E-state index in [0.717, 1.165) is 35.4 Å². The van der Waals surface area contributed by atoms with Crippen LogP contribution in [0.5, 0.6) is 0 Å². The molecule has 0 amide bonds. The minimum atomic E-state index is -4.10. The smallest absolute Gasteiger partial charge is 0.258 e. The lowest BCUT2D eigenvalue weighted by molar-refractivity contribution is -0.388. The van der Waals surface area contributed by atoms with Gasteiger partial charge in [0.2, 0.25) is 20.0 Å². The summed E-state index contributed by atoms with van der Waals surface area (Å²) in [5, 5.41) is 22.2. The Morgan fingerprint density at radius 3 is 1.39 bits per heavy atom. The van der Waals surface area contributed by atoms with Crippen LogP contribution in [-0.2, 0) is 32.9 Å². The third-order valence-corrected chi connectivity index (χ3v) is 8.12. The van der Waals surface area contributed by atoms with Crippen LogP contribution < -0.4 is 9.44 Å². The second kappa shape index (κ2) is 11.3. The van der Waals surface area contributed by atoms with E-state index in [4.69, 9.17) is 0 Å². The van der Waals surface area contributed by atoms with Gasteiger partial charge in [-0.15, -0.1) is 0 Å². The molecule has 0 fully saturated rings. The van der Waals surface area contributed by atoms with Crippen LogP contribution in [-0.4, -0.2) is 39.8 Å². The van der Waals surface area contributed by atoms with Gasteiger partial charge in [-0.05, 0) is 36.1 Å². The van der Waals surface area contributed by atoms with Gasteiger partial charge < -0.3 is 0 Å². The molecule has 0 radical (unpaired) electrons. The summed E-state index contributed by atoms with van der Waals surface area (Å²) in [6.07, 6.45) is 0.575. The average Bonchev–Trinajstić information content (AvgIpc) is 2.84. The summed E-state index contributed by atoms with van der Waals surface area (Å²) in [6.45, 7) is -0.0235. The highest BCUT2D eigenvalue weighted by Gasteiger charge is 2.25. The molecule has 0 heterocycles. The van der Waals surface area contributed by atoms with E-state index < -0.39 is 51.1 Å². The van der Waals surface area contributed by atoms with Crippen molar-refractivity contribution in [3.8, 4) is 0 Å². The summed E-state index contributed by atoms with van der Waals surface area (Å²) >= 11 is 0. The molecule has 0 bridgehead atoms. The molecule has 0 aliphatic rings. The van der Waals surface area contributed by atoms with Crippen LogP contribution in [0, 0.1) is 20.2 Å². The normalized spacial score (nSPS) is 11.8. The largest absolute Gasteiger partial charge is 0.289 e. The van der Waals surface area contributed by atoms with E-state index in [1.807, 2.05) is 0 Å². The SMILES string of the molecule is O=[N+]([O-])c1ccccc1S(=O)(=O)NCCc1cccc(CCNS(=O)(=O)c2ccccc2[N+](=O)[O-])c1. The molecule has 0 aromatic heterocycles. The Morgan fingerprint density at radius 2 is 1.00 bits per heavy atom. The fourth-order valence-corrected chi connectivity index (χ4v) is 5.83. The van der Waals surface area contributed by atoms with Crippen molar-refractivity contribution in [3.05, 3.63) is 104 Å². The maximum absolute atomic E-state index is 12.5. The summed E-state index contributed by atoms with van der Waals surface area (Å²) in [4.78, 5) is 19.9. The van der Waals surface area contributed by atoms with Gasteiger partial charge >= 0.3 is 0 Å². The molecule has 36 heavy (non-hydrogen) atoms. The van der Waals surface area contributed by atoms with E-state index in [9.17, 15) is 37.1 Å². The van der Waals surface area contributed by atoms with Crippen LogP contribution in [0.1, 0.15) is 11.1 Å². The van der Waals surface area contributed by atoms with Crippen LogP contribution in [0.15, 0.2) is 82.6 Å². The first-order valence-corrected chi connectivity index (χ1v) is 13.5. The second-order valence-corrected chi connectivity index (χ2v) is 11.0. The Balaban J connectivity index is 1.59. The molecular formula is C22H22N4O8S2. The van der Waals surface area contributed by atoms with Gasteiger partial charge in [-0.3, -0.25) is 20.2 Å². The minimum absolute atomic E-state index is 0.0118. The van der Waals surface area contributed by atoms with Crippen molar-refractivity contribution in [2.75, 3.05) is 13.1 Å². The van der Waals surface area contributed by atoms with Crippen LogP contribution in [0.2, 0.25) is 0 Å². The van der Waals surface area contributed by atoms with Crippen molar-refractivity contribution in [2.24, 2.45) is 0 Å². The number of sulfonamides is 2. The van der Waals surface area contributed by atoms with E-state index in [1.165, 1.54) is 24.3 Å². The van der Waals surface area contributed by atoms with Crippen molar-refractivity contribution in [1.29, 1.82) is 0 Å². The summed E-state index contributed by atoms with van der Waals surface area (Å²) in [5.74, 6) is 0. The zero-order valence-electron chi connectivity index (χ0n) is 18.7. The van der Waals surface area contributed by atoms with Crippen LogP contribution in [0.4, 0.5) is 11.4 Å². The van der Waals surface area contributed by atoms with E-state index in [2.05, 4.69) is 9.44 Å². The summed E-state index contributed by atoms with van der Waals surface area (Å²) in [7, 11) is -8.20. The lowest BCUT2D eigenvalue weighted by Crippen LogP contribution is -2.27. The predicted octanol–water partition coefficient (Wildman–Crippen LogP) is 2.55. The zero-order valence-corrected chi connectivity index (χ0v) is 20.4. The number of nitrogens with one attached hydrogen (secondary N) is 2. The Kier molecular flexibility index (Phi) is 8.47. The lowest BCUT2D eigenvalue weighted by atomic mass is 10.1. The van der Waals surface area contributed by atoms with Gasteiger partial charge in [-0.1, -0.05) is 48.5 Å². The van der Waals surface area contributed by atoms with E-state index in [0.29, 0.717) is 0 Å². The Bertz CT molecular complexity index is 1380. The number of nitro benzene ring substituents is 2. The molecule has 0 aliphatic heterocycles. The Morgan fingerprint density at radius 1 is 0.611 bits per heavy atom. The van der Waals surface area contributed by atoms with E-state index >= 15 is 0 Å². The first-order valence-electron chi connectivity index (χ1n) is 10.6. The molecule has 12 nitrogen and oxygen atoms in total. The summed E-state index contributed by atoms with van der Waals surface area (Å²) in [5.41, 5.74) is 0.490. The molecule has 0 saturated carbocycles. The topological polar surface area (TPSA) is 179 Å². The minimum Gasteiger partial charge on any atom is -0.258 e. The van der Waals surface area contributed by atoms with Crippen molar-refractivity contribution < 1.29 is 26.7 Å². The second-order valence-electron chi connectivity index (χ2n) is 7.57. The maximum atomic E-state index is 12.5. The lowest BCUT2D eigenvalue weighted by Gasteiger charge is -2.09. The van der Waals surface area contributed by atoms with Crippen molar-refractivity contribution in [1.82, 2.24) is 9.44 Å². The molecule has 2 N–H and O–H groups in total. The third-order valence-electron chi connectivity index (χ3n) is 5.11. The van der Waals surface area contributed by atoms with Gasteiger partial charge in [-0.25, -0.2) is 26.3 Å². The van der Waals surface area contributed by atoms with Gasteiger partial charge in [0.05, 0.1) is 9.85 Å². The zero-order chi connectivity index (χ0) is 26.3. The van der Waals surface area contributed by atoms with Gasteiger partial charge in [0.25, 0.3) is 11.4 Å². The Labute approximate surface area is 207 Å². The summed E-state index contributed by atoms with van der Waals surface area (Å²) in [6, 6.07) is 17.1. The van der Waals surface area contributed by atoms with E-state index in [-0.39, 0.29) is 25.9 Å². The van der Waals surface area contributed by atoms with Crippen LogP contribution >= 0.6 is 0 Å². The highest BCUT2D eigenvalue weighted by molar-refractivity contribution is 7.90. The number of nitrogens with zero attached hydrogens (tertiary/aromatic N) is 2. The first-order chi connectivity index (χ1) is 17.0. The monoisotopic (exact) mass is 534 g/mol. The molecule has 14 heteroatoms. The number of hydrogen-bond donors (Lipinski definition) is 2. The van der Waals surface area contributed by atoms with Crippen molar-refractivity contribution in [3.63, 3.8) is 0 Å². The number of nitro groups is 2. The molecule has 0 aliphatic carbocycles. The van der Waals surface area contributed by atoms with Gasteiger partial charge in [0.15, 0.2) is 9.79 Å². The van der Waals surface area contributed by atoms with E-state index in [1.54, 1.807) is 24.3 Å². The predicted molar refractivity (Wildman–Crippen MR) is 130 cm³/mol. The highest BCUT2D eigenvalue weighted by atomic mass is 32.2. The number of para-hydroxylation sites is 2. The van der Waals surface area contributed by atoms with Crippen LogP contribution in [0.3, 0.4) is 0 Å². The average molecular weight is 535 g/mol. The third kappa shape index (κ3) is 6.69. The molecule has 0 saturated heterocycles. The fraction of sp³-hybridized carbons (Fsp3) is 0.182. The van der Waals surface area contributed by atoms with Crippen molar-refractivity contribution >= 4 is 31.4 Å². The molecule has 0 atom stereocenters. The molecule has 3 rings (SSSR count). The maximum Gasteiger partial charge on any atom is 0.289 e. The fourth-order valence-electron chi connectivity index (χ4n) is 3.43. The van der Waals surface area contributed by atoms with Gasteiger partial charge in [0.1, 0.15) is 0 Å². The first kappa shape index (κ1) is 26.9. The molecule has 3 aromatic carbocycles. The quantitative estimate of drug-likeness (QED) is 0.263. The number of hydrogen-bond acceptors (Lipinski definition) is 8. The Hall–Kier alpha value is -3.72. The van der Waals surface area contributed by atoms with Crippen LogP contribution in [0.25, 0.3) is 0 Å². The molecule has 3 aromatic rings. The van der Waals surface area contributed by atoms with Crippen molar-refractivity contribution in [2.45, 2.75) is 22.6 Å². The molecule has 0 spiro atoms. The number of rotatable bonds is 12. The molecule has 190 valence electrons. The van der Waals surface area contributed by atoms with Gasteiger partial charge in [0, 0.05) is 25.2 Å². The standard InChI is InChI=1S/C22H22N4O8S2/c27-25(28)19-8-1-3-10-21(19)35(31,32)23-14-12-17-6-5-7-18(16-17)13-15-24-36(33,34)22-11-4-2-9-20(22)26(29)30/h1-11,16,23-24H,12-15H2. The van der Waals surface area contributed by atoms with Gasteiger partial charge in [-0.2, -0.15) is 0 Å². The highest BCUT2D eigenvalue weighted by Crippen LogP contribution is 2.23. The number of benzene rings is 3. The molecule has 0 unspecified atom stereocenters. The molecular weight excluding hydrogens is 512 g/mol.